The molecule has 15 atom stereocenters. The lowest BCUT2D eigenvalue weighted by atomic mass is 9.52. The van der Waals surface area contributed by atoms with Crippen molar-refractivity contribution in [3.63, 3.8) is 0 Å². The van der Waals surface area contributed by atoms with Gasteiger partial charge in [-0.15, -0.1) is 0 Å². The van der Waals surface area contributed by atoms with E-state index in [9.17, 15) is 58.2 Å². The Kier molecular flexibility index (Phi) is 21.4. The van der Waals surface area contributed by atoms with E-state index >= 15 is 0 Å². The van der Waals surface area contributed by atoms with Crippen molar-refractivity contribution in [1.82, 2.24) is 0 Å². The summed E-state index contributed by atoms with van der Waals surface area (Å²) in [6.45, 7) is 30.0. The lowest BCUT2D eigenvalue weighted by Gasteiger charge is -2.59. The Labute approximate surface area is 540 Å². The van der Waals surface area contributed by atoms with Crippen molar-refractivity contribution in [2.45, 2.75) is 228 Å². The summed E-state index contributed by atoms with van der Waals surface area (Å²) in [4.78, 5) is 113. The Bertz CT molecular complexity index is 3010. The number of fused-ring (bicyclic) bond motifs is 2. The van der Waals surface area contributed by atoms with Gasteiger partial charge in [0.15, 0.2) is 24.9 Å². The molecule has 510 valence electrons. The number of cyclic esters (lactones) is 2. The van der Waals surface area contributed by atoms with Gasteiger partial charge in [-0.05, 0) is 142 Å². The fraction of sp³-hybridized carbons (Fsp3) is 0.676. The molecule has 15 unspecified atom stereocenters. The molecule has 10 bridgehead atoms. The number of aliphatic hydroxyl groups is 2. The van der Waals surface area contributed by atoms with Crippen LogP contribution in [-0.4, -0.2) is 174 Å². The van der Waals surface area contributed by atoms with Crippen LogP contribution in [0.1, 0.15) is 150 Å². The van der Waals surface area contributed by atoms with E-state index in [2.05, 4.69) is 48.9 Å². The summed E-state index contributed by atoms with van der Waals surface area (Å²) in [5.74, 6) is -1.87. The average Bonchev–Trinajstić information content (AvgIpc) is 1.31. The maximum Gasteiger partial charge on any atom is 0.508 e. The number of ether oxygens (including phenoxy) is 13. The predicted molar refractivity (Wildman–Crippen MR) is 321 cm³/mol. The Balaban J connectivity index is 0.000000133. The summed E-state index contributed by atoms with van der Waals surface area (Å²) in [5, 5.41) is 19.8. The van der Waals surface area contributed by atoms with E-state index in [0.29, 0.717) is 77.9 Å². The molecule has 25 nitrogen and oxygen atoms in total. The molecule has 0 amide bonds. The monoisotopic (exact) mass is 1300 g/mol. The van der Waals surface area contributed by atoms with Gasteiger partial charge in [0.2, 0.25) is 0 Å². The third kappa shape index (κ3) is 16.5. The Morgan fingerprint density at radius 2 is 1.27 bits per heavy atom. The lowest BCUT2D eigenvalue weighted by molar-refractivity contribution is -0.217. The molecule has 0 aromatic rings. The first-order valence-electron chi connectivity index (χ1n) is 32.1. The molecule has 9 aliphatic heterocycles. The molecule has 16 fully saturated rings. The highest BCUT2D eigenvalue weighted by atomic mass is 16.8. The largest absolute Gasteiger partial charge is 0.508 e. The number of carbonyl (C=O) groups excluding carboxylic acids is 10. The van der Waals surface area contributed by atoms with Crippen LogP contribution in [0.5, 0.6) is 0 Å². The number of hydrogen-bond acceptors (Lipinski definition) is 25. The minimum Gasteiger partial charge on any atom is -0.458 e. The highest BCUT2D eigenvalue weighted by molar-refractivity contribution is 5.92. The van der Waals surface area contributed by atoms with E-state index in [1.54, 1.807) is 20.8 Å². The zero-order valence-corrected chi connectivity index (χ0v) is 53.7. The molecule has 2 spiro atoms. The minimum atomic E-state index is -0.726. The molecule has 0 radical (unpaired) electrons. The van der Waals surface area contributed by atoms with Gasteiger partial charge in [0.05, 0.1) is 42.4 Å². The van der Waals surface area contributed by atoms with Crippen LogP contribution in [0, 0.1) is 35.5 Å². The third-order valence-corrected chi connectivity index (χ3v) is 19.9. The van der Waals surface area contributed by atoms with Crippen LogP contribution in [0.4, 0.5) is 4.79 Å². The van der Waals surface area contributed by atoms with Gasteiger partial charge >= 0.3 is 59.9 Å². The summed E-state index contributed by atoms with van der Waals surface area (Å²) in [6.07, 6.45) is 11.1. The van der Waals surface area contributed by atoms with Crippen LogP contribution < -0.4 is 0 Å². The van der Waals surface area contributed by atoms with Gasteiger partial charge in [0.1, 0.15) is 48.3 Å². The molecular weight excluding hydrogens is 1220 g/mol. The van der Waals surface area contributed by atoms with E-state index in [1.165, 1.54) is 13.3 Å². The first kappa shape index (κ1) is 70.1. The topological polar surface area (TPSA) is 331 Å². The van der Waals surface area contributed by atoms with Crippen molar-refractivity contribution in [2.24, 2.45) is 35.5 Å². The first-order valence-corrected chi connectivity index (χ1v) is 32.1. The van der Waals surface area contributed by atoms with Crippen molar-refractivity contribution >= 4 is 59.9 Å². The second-order valence-electron chi connectivity index (χ2n) is 27.9. The van der Waals surface area contributed by atoms with Gasteiger partial charge in [-0.25, -0.2) is 38.4 Å². The standard InChI is InChI=1S/C16H20O6.C14H20O3.C11H12O5.C10H14O3.C9H12O3.C8H10O5/c1-8(2)15(18)20-7-13(17)22-14-10-3-9-4-11(6-10)16(19)21-12(14)5-9;1-9(2)12(15)17-14-6-10-3-11(7-14)5-13(16,4-10)8-14;1-4(2)10(12)15-8-6-3-5-7(14-6)9(8)16-11(5)13;1-7-6-10(13-9(7)12)4-2-8(11)3-5-10;1-6-5-9(12-8(6)10)3-4-11-7(9)2;1-5(2)7(9)11-3-6-4-12-8(10)13-6/h9-12,14H,1,3-7H2,2H3;10-11,16H,1,3-8H2,2H3;5-9H,1,3H2,2H3;8,11H,1-6H2;7H,1,3-5H2,2H3;6H,1,3-4H2,2H3. The second-order valence-corrected chi connectivity index (χ2v) is 27.9. The fourth-order valence-electron chi connectivity index (χ4n) is 15.8. The van der Waals surface area contributed by atoms with Crippen LogP contribution in [-0.2, 0) is 105 Å². The smallest absolute Gasteiger partial charge is 0.458 e. The molecule has 9 saturated heterocycles. The van der Waals surface area contributed by atoms with Crippen LogP contribution in [0.25, 0.3) is 0 Å². The predicted octanol–water partition coefficient (Wildman–Crippen LogP) is 6.60. The summed E-state index contributed by atoms with van der Waals surface area (Å²) in [5.41, 5.74) is 0.828. The van der Waals surface area contributed by atoms with Crippen molar-refractivity contribution in [3.8, 4) is 0 Å². The summed E-state index contributed by atoms with van der Waals surface area (Å²) in [6, 6.07) is 0. The van der Waals surface area contributed by atoms with Crippen molar-refractivity contribution in [3.05, 3.63) is 72.9 Å². The van der Waals surface area contributed by atoms with Gasteiger partial charge in [0.25, 0.3) is 0 Å². The van der Waals surface area contributed by atoms with Crippen LogP contribution in [0.3, 0.4) is 0 Å². The molecule has 9 heterocycles. The van der Waals surface area contributed by atoms with E-state index in [-0.39, 0.29) is 108 Å². The molecule has 25 heteroatoms. The normalized spacial score (nSPS) is 38.1. The molecule has 93 heavy (non-hydrogen) atoms. The van der Waals surface area contributed by atoms with Gasteiger partial charge in [-0.1, -0.05) is 39.5 Å². The fourth-order valence-corrected chi connectivity index (χ4v) is 15.8. The lowest BCUT2D eigenvalue weighted by Crippen LogP contribution is -2.60. The number of carbonyl (C=O) groups is 10. The molecule has 16 aliphatic rings. The molecule has 2 N–H and O–H groups in total. The third-order valence-electron chi connectivity index (χ3n) is 19.9. The average molecular weight is 1310 g/mol. The van der Waals surface area contributed by atoms with E-state index < -0.39 is 72.3 Å². The highest BCUT2D eigenvalue weighted by Gasteiger charge is 2.65. The summed E-state index contributed by atoms with van der Waals surface area (Å²) in [7, 11) is 0. The van der Waals surface area contributed by atoms with Gasteiger partial charge in [-0.3, -0.25) is 9.59 Å². The zero-order chi connectivity index (χ0) is 67.6. The number of aliphatic hydroxyl groups excluding tert-OH is 1. The van der Waals surface area contributed by atoms with Crippen LogP contribution in [0.2, 0.25) is 0 Å². The Morgan fingerprint density at radius 1 is 0.634 bits per heavy atom. The highest BCUT2D eigenvalue weighted by Crippen LogP contribution is 2.59. The SMILES string of the molecule is C=C(C)C(=O)OC12CC3CC(CC(O)(C3)C1)C2.C=C(C)C(=O)OC1C2CC3C(=O)OC1C3O2.C=C(C)C(=O)OCC(=O)OC1C2CC3CC(C2)C(=O)OC1C3.C=C(C)C(=O)OCC1COC(=O)O1.C=C1CC2(CCC(O)CC2)OC1=O.C=C1CC2(CCOC2C)OC1=O. The number of hydrogen-bond donors (Lipinski definition) is 2. The number of esters is 9. The maximum atomic E-state index is 11.9. The number of rotatable bonds is 11. The molecule has 16 rings (SSSR count). The van der Waals surface area contributed by atoms with Gasteiger partial charge in [-0.2, -0.15) is 0 Å². The zero-order valence-electron chi connectivity index (χ0n) is 53.7. The minimum absolute atomic E-state index is 0.0113. The van der Waals surface area contributed by atoms with Crippen LogP contribution in [0.15, 0.2) is 72.9 Å². The van der Waals surface area contributed by atoms with Crippen LogP contribution >= 0.6 is 0 Å². The van der Waals surface area contributed by atoms with Crippen molar-refractivity contribution < 1.29 is 120 Å². The molecule has 7 saturated carbocycles. The van der Waals surface area contributed by atoms with Crippen molar-refractivity contribution in [2.75, 3.05) is 26.4 Å². The summed E-state index contributed by atoms with van der Waals surface area (Å²) >= 11 is 0. The van der Waals surface area contributed by atoms with E-state index in [4.69, 9.17) is 52.1 Å². The maximum absolute atomic E-state index is 11.9. The van der Waals surface area contributed by atoms with Gasteiger partial charge < -0.3 is 71.8 Å². The Morgan fingerprint density at radius 3 is 1.83 bits per heavy atom. The quantitative estimate of drug-likeness (QED) is 0.125. The van der Waals surface area contributed by atoms with Gasteiger partial charge in [0, 0.05) is 65.0 Å². The van der Waals surface area contributed by atoms with E-state index in [0.717, 1.165) is 83.5 Å². The Hall–Kier alpha value is -7.22. The molecular formula is C68H88O25. The second kappa shape index (κ2) is 28.4. The van der Waals surface area contributed by atoms with Crippen molar-refractivity contribution in [1.29, 1.82) is 0 Å². The molecule has 0 aromatic heterocycles. The molecule has 0 aromatic carbocycles. The van der Waals surface area contributed by atoms with E-state index in [1.807, 2.05) is 6.92 Å². The first-order chi connectivity index (χ1) is 43.8. The summed E-state index contributed by atoms with van der Waals surface area (Å²) < 4.78 is 67.2. The molecule has 7 aliphatic carbocycles.